The molecule has 1 N–H and O–H groups in total. The van der Waals surface area contributed by atoms with Gasteiger partial charge in [0.05, 0.1) is 12.5 Å². The maximum Gasteiger partial charge on any atom is 0.0947 e. The first-order valence-corrected chi connectivity index (χ1v) is 6.62. The van der Waals surface area contributed by atoms with Gasteiger partial charge >= 0.3 is 0 Å². The number of nitrogens with one attached hydrogen (secondary N) is 1. The van der Waals surface area contributed by atoms with E-state index in [9.17, 15) is 0 Å². The van der Waals surface area contributed by atoms with Crippen molar-refractivity contribution in [2.75, 3.05) is 13.6 Å². The first-order chi connectivity index (χ1) is 8.17. The van der Waals surface area contributed by atoms with Crippen molar-refractivity contribution >= 4 is 0 Å². The van der Waals surface area contributed by atoms with E-state index in [2.05, 4.69) is 38.0 Å². The fraction of sp³-hybridized carbons (Fsp3) is 0.714. The summed E-state index contributed by atoms with van der Waals surface area (Å²) in [5, 5.41) is 3.61. The summed E-state index contributed by atoms with van der Waals surface area (Å²) in [4.78, 5) is 2.35. The van der Waals surface area contributed by atoms with Crippen LogP contribution in [0.5, 0.6) is 0 Å². The minimum absolute atomic E-state index is 0.533. The second-order valence-electron chi connectivity index (χ2n) is 4.82. The quantitative estimate of drug-likeness (QED) is 0.755. The summed E-state index contributed by atoms with van der Waals surface area (Å²) in [6.07, 6.45) is 5.96. The molecule has 0 saturated carbocycles. The highest BCUT2D eigenvalue weighted by atomic mass is 16.3. The zero-order valence-electron chi connectivity index (χ0n) is 11.6. The van der Waals surface area contributed by atoms with Crippen molar-refractivity contribution in [2.45, 2.75) is 52.2 Å². The number of rotatable bonds is 8. The number of likely N-dealkylation sites (N-methyl/N-ethyl adjacent to an activating group) is 1. The molecule has 1 unspecified atom stereocenters. The molecule has 0 aliphatic rings. The van der Waals surface area contributed by atoms with Crippen LogP contribution in [0.1, 0.15) is 39.2 Å². The third-order valence-corrected chi connectivity index (χ3v) is 3.45. The van der Waals surface area contributed by atoms with Gasteiger partial charge in [-0.2, -0.15) is 0 Å². The molecule has 17 heavy (non-hydrogen) atoms. The monoisotopic (exact) mass is 238 g/mol. The number of furan rings is 1. The molecule has 1 rings (SSSR count). The second kappa shape index (κ2) is 7.51. The van der Waals surface area contributed by atoms with Crippen molar-refractivity contribution in [1.82, 2.24) is 10.2 Å². The van der Waals surface area contributed by atoms with E-state index >= 15 is 0 Å². The summed E-state index contributed by atoms with van der Waals surface area (Å²) in [5.41, 5.74) is 1.24. The van der Waals surface area contributed by atoms with Crippen LogP contribution in [0.25, 0.3) is 0 Å². The molecular formula is C14H26N2O. The van der Waals surface area contributed by atoms with Crippen molar-refractivity contribution in [3.63, 3.8) is 0 Å². The van der Waals surface area contributed by atoms with Gasteiger partial charge in [-0.3, -0.25) is 4.90 Å². The van der Waals surface area contributed by atoms with E-state index in [4.69, 9.17) is 4.42 Å². The first kappa shape index (κ1) is 14.3. The summed E-state index contributed by atoms with van der Waals surface area (Å²) in [6.45, 7) is 8.72. The van der Waals surface area contributed by atoms with Crippen molar-refractivity contribution < 1.29 is 4.42 Å². The minimum Gasteiger partial charge on any atom is -0.472 e. The Morgan fingerprint density at radius 3 is 2.59 bits per heavy atom. The van der Waals surface area contributed by atoms with Gasteiger partial charge in [0, 0.05) is 30.7 Å². The standard InChI is InChI=1S/C14H26N2O/c1-5-14(6-2)15-9-12(3)16(4)10-13-7-8-17-11-13/h7-8,11-12,14-15H,5-6,9-10H2,1-4H3. The van der Waals surface area contributed by atoms with Gasteiger partial charge in [0.25, 0.3) is 0 Å². The molecule has 0 saturated heterocycles. The van der Waals surface area contributed by atoms with E-state index in [0.29, 0.717) is 12.1 Å². The summed E-state index contributed by atoms with van der Waals surface area (Å²) in [7, 11) is 2.16. The summed E-state index contributed by atoms with van der Waals surface area (Å²) >= 11 is 0. The molecule has 1 aromatic rings. The van der Waals surface area contributed by atoms with Crippen molar-refractivity contribution in [3.8, 4) is 0 Å². The molecule has 0 amide bonds. The van der Waals surface area contributed by atoms with Crippen LogP contribution in [0.15, 0.2) is 23.0 Å². The van der Waals surface area contributed by atoms with Crippen molar-refractivity contribution in [2.24, 2.45) is 0 Å². The minimum atomic E-state index is 0.533. The zero-order chi connectivity index (χ0) is 12.7. The first-order valence-electron chi connectivity index (χ1n) is 6.62. The van der Waals surface area contributed by atoms with Gasteiger partial charge in [-0.15, -0.1) is 0 Å². The SMILES string of the molecule is CCC(CC)NCC(C)N(C)Cc1ccoc1. The van der Waals surface area contributed by atoms with E-state index in [-0.39, 0.29) is 0 Å². The van der Waals surface area contributed by atoms with Crippen molar-refractivity contribution in [1.29, 1.82) is 0 Å². The number of hydrogen-bond acceptors (Lipinski definition) is 3. The molecule has 3 nitrogen and oxygen atoms in total. The van der Waals surface area contributed by atoms with Gasteiger partial charge in [0.15, 0.2) is 0 Å². The van der Waals surface area contributed by atoms with Crippen LogP contribution in [0.2, 0.25) is 0 Å². The number of hydrogen-bond donors (Lipinski definition) is 1. The summed E-state index contributed by atoms with van der Waals surface area (Å²) in [5.74, 6) is 0. The Labute approximate surface area is 105 Å². The van der Waals surface area contributed by atoms with Crippen LogP contribution in [-0.2, 0) is 6.54 Å². The van der Waals surface area contributed by atoms with Gasteiger partial charge in [-0.05, 0) is 32.9 Å². The maximum absolute atomic E-state index is 5.09. The number of nitrogens with zero attached hydrogens (tertiary/aromatic N) is 1. The molecular weight excluding hydrogens is 212 g/mol. The lowest BCUT2D eigenvalue weighted by molar-refractivity contribution is 0.235. The van der Waals surface area contributed by atoms with Crippen LogP contribution < -0.4 is 5.32 Å². The molecule has 0 aromatic carbocycles. The molecule has 3 heteroatoms. The van der Waals surface area contributed by atoms with E-state index < -0.39 is 0 Å². The van der Waals surface area contributed by atoms with Gasteiger partial charge in [-0.1, -0.05) is 13.8 Å². The third kappa shape index (κ3) is 4.92. The second-order valence-corrected chi connectivity index (χ2v) is 4.82. The van der Waals surface area contributed by atoms with Crippen LogP contribution in [0, 0.1) is 0 Å². The van der Waals surface area contributed by atoms with Crippen molar-refractivity contribution in [3.05, 3.63) is 24.2 Å². The third-order valence-electron chi connectivity index (χ3n) is 3.45. The van der Waals surface area contributed by atoms with Gasteiger partial charge in [-0.25, -0.2) is 0 Å². The highest BCUT2D eigenvalue weighted by molar-refractivity contribution is 5.04. The fourth-order valence-electron chi connectivity index (χ4n) is 1.90. The lowest BCUT2D eigenvalue weighted by Crippen LogP contribution is -2.41. The molecule has 1 heterocycles. The van der Waals surface area contributed by atoms with E-state index in [1.165, 1.54) is 18.4 Å². The van der Waals surface area contributed by atoms with E-state index in [1.807, 2.05) is 12.3 Å². The molecule has 0 radical (unpaired) electrons. The summed E-state index contributed by atoms with van der Waals surface area (Å²) in [6, 6.07) is 3.21. The van der Waals surface area contributed by atoms with E-state index in [1.54, 1.807) is 6.26 Å². The normalized spacial score (nSPS) is 13.5. The maximum atomic E-state index is 5.09. The topological polar surface area (TPSA) is 28.4 Å². The van der Waals surface area contributed by atoms with Gasteiger partial charge < -0.3 is 9.73 Å². The predicted octanol–water partition coefficient (Wildman–Crippen LogP) is 2.88. The average Bonchev–Trinajstić information content (AvgIpc) is 2.82. The smallest absolute Gasteiger partial charge is 0.0947 e. The van der Waals surface area contributed by atoms with Crippen LogP contribution in [0.3, 0.4) is 0 Å². The average molecular weight is 238 g/mol. The lowest BCUT2D eigenvalue weighted by Gasteiger charge is -2.26. The highest BCUT2D eigenvalue weighted by Gasteiger charge is 2.11. The molecule has 0 spiro atoms. The van der Waals surface area contributed by atoms with Gasteiger partial charge in [0.1, 0.15) is 0 Å². The van der Waals surface area contributed by atoms with E-state index in [0.717, 1.165) is 13.1 Å². The highest BCUT2D eigenvalue weighted by Crippen LogP contribution is 2.07. The molecule has 1 aromatic heterocycles. The predicted molar refractivity (Wildman–Crippen MR) is 72.0 cm³/mol. The molecule has 0 bridgehead atoms. The Bertz CT molecular complexity index is 280. The Morgan fingerprint density at radius 2 is 2.06 bits per heavy atom. The van der Waals surface area contributed by atoms with Crippen LogP contribution in [0.4, 0.5) is 0 Å². The van der Waals surface area contributed by atoms with Crippen LogP contribution >= 0.6 is 0 Å². The Hall–Kier alpha value is -0.800. The summed E-state index contributed by atoms with van der Waals surface area (Å²) < 4.78 is 5.09. The molecule has 1 atom stereocenters. The molecule has 0 fully saturated rings. The Kier molecular flexibility index (Phi) is 6.30. The van der Waals surface area contributed by atoms with Crippen LogP contribution in [-0.4, -0.2) is 30.6 Å². The molecule has 0 aliphatic heterocycles. The largest absolute Gasteiger partial charge is 0.472 e. The fourth-order valence-corrected chi connectivity index (χ4v) is 1.90. The molecule has 0 aliphatic carbocycles. The van der Waals surface area contributed by atoms with Gasteiger partial charge in [0.2, 0.25) is 0 Å². The Morgan fingerprint density at radius 1 is 1.35 bits per heavy atom. The Balaban J connectivity index is 2.29. The molecule has 98 valence electrons. The lowest BCUT2D eigenvalue weighted by atomic mass is 10.1. The zero-order valence-corrected chi connectivity index (χ0v) is 11.6.